The smallest absolute Gasteiger partial charge is 0.377 e. The summed E-state index contributed by atoms with van der Waals surface area (Å²) in [6.45, 7) is 0.639. The number of nitrogens with two attached hydrogens (primary N) is 1. The molecule has 0 radical (unpaired) electrons. The zero-order valence-corrected chi connectivity index (χ0v) is 10.6. The molecule has 0 aromatic rings. The Balaban J connectivity index is 3.63. The van der Waals surface area contributed by atoms with Gasteiger partial charge in [-0.05, 0) is 6.42 Å². The summed E-state index contributed by atoms with van der Waals surface area (Å²) < 4.78 is 20.8. The van der Waals surface area contributed by atoms with Crippen LogP contribution in [0.3, 0.4) is 0 Å². The molecule has 0 aliphatic heterocycles. The van der Waals surface area contributed by atoms with Crippen LogP contribution in [0.25, 0.3) is 0 Å². The van der Waals surface area contributed by atoms with Crippen molar-refractivity contribution >= 4 is 8.80 Å². The first kappa shape index (κ1) is 15.0. The van der Waals surface area contributed by atoms with Crippen molar-refractivity contribution in [2.75, 3.05) is 34.5 Å². The predicted molar refractivity (Wildman–Crippen MR) is 57.2 cm³/mol. The fourth-order valence-corrected chi connectivity index (χ4v) is 2.84. The topological polar surface area (TPSA) is 83.2 Å². The quantitative estimate of drug-likeness (QED) is 0.322. The van der Waals surface area contributed by atoms with Gasteiger partial charge in [0.1, 0.15) is 6.23 Å². The highest BCUT2D eigenvalue weighted by Gasteiger charge is 2.36. The summed E-state index contributed by atoms with van der Waals surface area (Å²) >= 11 is 0. The molecule has 0 aliphatic carbocycles. The van der Waals surface area contributed by atoms with Crippen molar-refractivity contribution in [1.82, 2.24) is 0 Å². The van der Waals surface area contributed by atoms with Gasteiger partial charge in [0.25, 0.3) is 0 Å². The molecule has 0 saturated carbocycles. The van der Waals surface area contributed by atoms with Crippen molar-refractivity contribution in [3.05, 3.63) is 0 Å². The fraction of sp³-hybridized carbons (Fsp3) is 1.00. The highest BCUT2D eigenvalue weighted by atomic mass is 28.4. The standard InChI is InChI=1S/C8H21NO5Si/c1-11-15(12-2,13-3)6-4-5-14-7-8(9)10/h8,10H,4-7,9H2,1-3H3. The molecule has 15 heavy (non-hydrogen) atoms. The van der Waals surface area contributed by atoms with Gasteiger partial charge < -0.3 is 28.9 Å². The summed E-state index contributed by atoms with van der Waals surface area (Å²) in [5.41, 5.74) is 5.10. The highest BCUT2D eigenvalue weighted by Crippen LogP contribution is 2.14. The van der Waals surface area contributed by atoms with Gasteiger partial charge in [-0.1, -0.05) is 0 Å². The molecule has 6 nitrogen and oxygen atoms in total. The Hall–Kier alpha value is -0.0231. The fourth-order valence-electron chi connectivity index (χ4n) is 1.15. The van der Waals surface area contributed by atoms with Gasteiger partial charge in [-0.25, -0.2) is 0 Å². The Morgan fingerprint density at radius 3 is 2.13 bits per heavy atom. The minimum absolute atomic E-state index is 0.140. The number of ether oxygens (including phenoxy) is 1. The van der Waals surface area contributed by atoms with Gasteiger partial charge in [0.2, 0.25) is 0 Å². The lowest BCUT2D eigenvalue weighted by Gasteiger charge is -2.24. The molecule has 0 aromatic carbocycles. The number of rotatable bonds is 9. The minimum Gasteiger partial charge on any atom is -0.377 e. The number of hydrogen-bond acceptors (Lipinski definition) is 6. The summed E-state index contributed by atoms with van der Waals surface area (Å²) in [6, 6.07) is 0.678. The molecule has 7 heteroatoms. The van der Waals surface area contributed by atoms with E-state index in [1.54, 1.807) is 21.3 Å². The third-order valence-corrected chi connectivity index (χ3v) is 4.83. The van der Waals surface area contributed by atoms with E-state index in [0.29, 0.717) is 12.7 Å². The molecular formula is C8H21NO5Si. The van der Waals surface area contributed by atoms with Crippen molar-refractivity contribution in [2.24, 2.45) is 5.73 Å². The average molecular weight is 239 g/mol. The lowest BCUT2D eigenvalue weighted by atomic mass is 10.5. The second-order valence-corrected chi connectivity index (χ2v) is 6.13. The van der Waals surface area contributed by atoms with E-state index in [-0.39, 0.29) is 6.61 Å². The highest BCUT2D eigenvalue weighted by molar-refractivity contribution is 6.60. The van der Waals surface area contributed by atoms with Crippen molar-refractivity contribution in [1.29, 1.82) is 0 Å². The summed E-state index contributed by atoms with van der Waals surface area (Å²) in [5, 5.41) is 8.74. The molecule has 3 N–H and O–H groups in total. The number of aliphatic hydroxyl groups is 1. The van der Waals surface area contributed by atoms with Crippen molar-refractivity contribution in [3.8, 4) is 0 Å². The summed E-state index contributed by atoms with van der Waals surface area (Å²) in [7, 11) is 2.25. The second-order valence-electron chi connectivity index (χ2n) is 3.04. The normalized spacial score (nSPS) is 14.2. The van der Waals surface area contributed by atoms with Crippen LogP contribution in [0, 0.1) is 0 Å². The van der Waals surface area contributed by atoms with Crippen LogP contribution in [-0.2, 0) is 18.0 Å². The molecule has 0 spiro atoms. The van der Waals surface area contributed by atoms with Crippen LogP contribution in [0.2, 0.25) is 6.04 Å². The Labute approximate surface area is 91.6 Å². The summed E-state index contributed by atoms with van der Waals surface area (Å²) in [6.07, 6.45) is -0.173. The molecule has 1 atom stereocenters. The summed E-state index contributed by atoms with van der Waals surface area (Å²) in [4.78, 5) is 0. The summed E-state index contributed by atoms with van der Waals surface area (Å²) in [5.74, 6) is 0. The van der Waals surface area contributed by atoms with E-state index < -0.39 is 15.0 Å². The monoisotopic (exact) mass is 239 g/mol. The van der Waals surface area contributed by atoms with E-state index in [9.17, 15) is 0 Å². The lowest BCUT2D eigenvalue weighted by Crippen LogP contribution is -2.42. The molecule has 1 unspecified atom stereocenters. The maximum atomic E-state index is 8.74. The predicted octanol–water partition coefficient (Wildman–Crippen LogP) is -0.452. The molecule has 0 heterocycles. The van der Waals surface area contributed by atoms with E-state index in [0.717, 1.165) is 6.42 Å². The lowest BCUT2D eigenvalue weighted by molar-refractivity contribution is 0.0382. The first-order valence-corrected chi connectivity index (χ1v) is 6.70. The zero-order valence-electron chi connectivity index (χ0n) is 9.56. The Bertz CT molecular complexity index is 146. The maximum Gasteiger partial charge on any atom is 0.500 e. The number of hydrogen-bond donors (Lipinski definition) is 2. The van der Waals surface area contributed by atoms with E-state index in [1.165, 1.54) is 0 Å². The second kappa shape index (κ2) is 8.17. The van der Waals surface area contributed by atoms with Gasteiger partial charge in [0, 0.05) is 34.0 Å². The Morgan fingerprint density at radius 2 is 1.73 bits per heavy atom. The van der Waals surface area contributed by atoms with Crippen LogP contribution >= 0.6 is 0 Å². The first-order chi connectivity index (χ1) is 7.10. The SMILES string of the molecule is CO[Si](CCCOCC(N)O)(OC)OC. The van der Waals surface area contributed by atoms with Crippen molar-refractivity contribution < 1.29 is 23.1 Å². The van der Waals surface area contributed by atoms with Gasteiger partial charge in [-0.3, -0.25) is 0 Å². The van der Waals surface area contributed by atoms with Crippen molar-refractivity contribution in [2.45, 2.75) is 18.7 Å². The van der Waals surface area contributed by atoms with Crippen LogP contribution < -0.4 is 5.73 Å². The van der Waals surface area contributed by atoms with E-state index in [4.69, 9.17) is 28.9 Å². The van der Waals surface area contributed by atoms with E-state index in [2.05, 4.69) is 0 Å². The zero-order chi connectivity index (χ0) is 11.7. The van der Waals surface area contributed by atoms with Crippen LogP contribution in [0.5, 0.6) is 0 Å². The van der Waals surface area contributed by atoms with E-state index >= 15 is 0 Å². The average Bonchev–Trinajstić information content (AvgIpc) is 2.24. The van der Waals surface area contributed by atoms with Gasteiger partial charge in [0.15, 0.2) is 0 Å². The van der Waals surface area contributed by atoms with Crippen LogP contribution in [0.4, 0.5) is 0 Å². The largest absolute Gasteiger partial charge is 0.500 e. The van der Waals surface area contributed by atoms with E-state index in [1.807, 2.05) is 0 Å². The molecule has 0 aliphatic rings. The Morgan fingerprint density at radius 1 is 1.20 bits per heavy atom. The van der Waals surface area contributed by atoms with Crippen LogP contribution in [0.15, 0.2) is 0 Å². The van der Waals surface area contributed by atoms with Crippen LogP contribution in [-0.4, -0.2) is 54.7 Å². The molecule has 92 valence electrons. The third kappa shape index (κ3) is 6.20. The molecule has 0 amide bonds. The van der Waals surface area contributed by atoms with Gasteiger partial charge >= 0.3 is 8.80 Å². The number of aliphatic hydroxyl groups excluding tert-OH is 1. The van der Waals surface area contributed by atoms with Crippen LogP contribution in [0.1, 0.15) is 6.42 Å². The molecule has 0 fully saturated rings. The molecule has 0 saturated heterocycles. The molecule has 0 bridgehead atoms. The maximum absolute atomic E-state index is 8.74. The minimum atomic E-state index is -2.47. The molecule has 0 aromatic heterocycles. The third-order valence-electron chi connectivity index (χ3n) is 1.99. The van der Waals surface area contributed by atoms with Gasteiger partial charge in [-0.2, -0.15) is 0 Å². The van der Waals surface area contributed by atoms with Gasteiger partial charge in [0.05, 0.1) is 6.61 Å². The first-order valence-electron chi connectivity index (χ1n) is 4.77. The molecular weight excluding hydrogens is 218 g/mol. The Kier molecular flexibility index (Phi) is 8.15. The molecule has 0 rings (SSSR count). The van der Waals surface area contributed by atoms with Crippen molar-refractivity contribution in [3.63, 3.8) is 0 Å². The van der Waals surface area contributed by atoms with Gasteiger partial charge in [-0.15, -0.1) is 0 Å².